The van der Waals surface area contributed by atoms with Crippen molar-refractivity contribution in [1.29, 1.82) is 0 Å². The molecule has 156 valence electrons. The zero-order valence-electron chi connectivity index (χ0n) is 16.8. The lowest BCUT2D eigenvalue weighted by Crippen LogP contribution is -2.43. The summed E-state index contributed by atoms with van der Waals surface area (Å²) in [6.07, 6.45) is 13.6. The van der Waals surface area contributed by atoms with E-state index in [0.29, 0.717) is 38.0 Å². The van der Waals surface area contributed by atoms with Gasteiger partial charge >= 0.3 is 12.1 Å². The van der Waals surface area contributed by atoms with Crippen molar-refractivity contribution >= 4 is 12.1 Å². The van der Waals surface area contributed by atoms with E-state index < -0.39 is 12.1 Å². The van der Waals surface area contributed by atoms with Gasteiger partial charge in [-0.05, 0) is 63.3 Å². The van der Waals surface area contributed by atoms with Crippen molar-refractivity contribution in [2.24, 2.45) is 17.6 Å². The number of hydrogen-bond acceptors (Lipinski definition) is 5. The predicted molar refractivity (Wildman–Crippen MR) is 105 cm³/mol. The van der Waals surface area contributed by atoms with Gasteiger partial charge in [0.25, 0.3) is 0 Å². The second-order valence-corrected chi connectivity index (χ2v) is 8.22. The van der Waals surface area contributed by atoms with Crippen molar-refractivity contribution in [2.75, 3.05) is 19.8 Å². The summed E-state index contributed by atoms with van der Waals surface area (Å²) >= 11 is 0. The van der Waals surface area contributed by atoms with Gasteiger partial charge in [-0.2, -0.15) is 0 Å². The highest BCUT2D eigenvalue weighted by molar-refractivity contribution is 5.81. The first-order valence-corrected chi connectivity index (χ1v) is 11.0. The molecule has 2 aliphatic rings. The van der Waals surface area contributed by atoms with E-state index in [1.54, 1.807) is 0 Å². The third-order valence-corrected chi connectivity index (χ3v) is 5.88. The molecule has 2 aliphatic carbocycles. The second-order valence-electron chi connectivity index (χ2n) is 8.22. The highest BCUT2D eigenvalue weighted by Crippen LogP contribution is 2.24. The molecule has 6 heteroatoms. The third kappa shape index (κ3) is 8.96. The van der Waals surface area contributed by atoms with Crippen LogP contribution in [0.1, 0.15) is 83.5 Å². The molecular weight excluding hydrogens is 344 g/mol. The van der Waals surface area contributed by atoms with Crippen molar-refractivity contribution < 1.29 is 19.1 Å². The number of rotatable bonds is 10. The van der Waals surface area contributed by atoms with Crippen molar-refractivity contribution in [3.8, 4) is 0 Å². The first-order valence-electron chi connectivity index (χ1n) is 11.0. The number of ether oxygens (including phenoxy) is 2. The molecule has 1 amide bonds. The van der Waals surface area contributed by atoms with Gasteiger partial charge in [0.1, 0.15) is 6.04 Å². The van der Waals surface area contributed by atoms with Gasteiger partial charge in [-0.1, -0.05) is 38.5 Å². The van der Waals surface area contributed by atoms with Gasteiger partial charge in [0, 0.05) is 0 Å². The van der Waals surface area contributed by atoms with E-state index in [4.69, 9.17) is 15.2 Å². The Labute approximate surface area is 163 Å². The van der Waals surface area contributed by atoms with E-state index in [-0.39, 0.29) is 5.97 Å². The van der Waals surface area contributed by atoms with Crippen LogP contribution in [0.15, 0.2) is 0 Å². The number of nitrogens with two attached hydrogens (primary N) is 1. The van der Waals surface area contributed by atoms with Gasteiger partial charge in [-0.15, -0.1) is 0 Å². The molecule has 1 unspecified atom stereocenters. The maximum atomic E-state index is 12.5. The second kappa shape index (κ2) is 13.0. The van der Waals surface area contributed by atoms with E-state index in [1.807, 2.05) is 0 Å². The zero-order valence-corrected chi connectivity index (χ0v) is 16.8. The number of alkyl carbamates (subject to hydrolysis) is 1. The fraction of sp³-hybridized carbons (Fsp3) is 0.905. The van der Waals surface area contributed by atoms with E-state index >= 15 is 0 Å². The molecule has 2 fully saturated rings. The Hall–Kier alpha value is -1.30. The standard InChI is InChI=1S/C21H38N2O4/c22-14-8-7-13-19(20(24)26-15-17-9-3-1-4-10-17)23-21(25)27-16-18-11-5-2-6-12-18/h17-19H,1-16,22H2,(H,23,25). The lowest BCUT2D eigenvalue weighted by molar-refractivity contribution is -0.148. The highest BCUT2D eigenvalue weighted by Gasteiger charge is 2.25. The summed E-state index contributed by atoms with van der Waals surface area (Å²) < 4.78 is 10.9. The summed E-state index contributed by atoms with van der Waals surface area (Å²) in [5, 5.41) is 2.73. The number of esters is 1. The molecule has 0 aromatic rings. The minimum atomic E-state index is -0.640. The van der Waals surface area contributed by atoms with Gasteiger partial charge in [0.15, 0.2) is 0 Å². The van der Waals surface area contributed by atoms with Crippen LogP contribution in [0.4, 0.5) is 4.79 Å². The molecule has 0 aromatic heterocycles. The van der Waals surface area contributed by atoms with E-state index in [1.165, 1.54) is 38.5 Å². The minimum Gasteiger partial charge on any atom is -0.464 e. The largest absolute Gasteiger partial charge is 0.464 e. The first-order chi connectivity index (χ1) is 13.2. The number of hydrogen-bond donors (Lipinski definition) is 2. The number of carbonyl (C=O) groups is 2. The molecule has 3 N–H and O–H groups in total. The van der Waals surface area contributed by atoms with Crippen LogP contribution in [0.3, 0.4) is 0 Å². The SMILES string of the molecule is NCCCCC(NC(=O)OCC1CCCCC1)C(=O)OCC1CCCCC1. The van der Waals surface area contributed by atoms with Crippen LogP contribution in [0.25, 0.3) is 0 Å². The molecule has 27 heavy (non-hydrogen) atoms. The van der Waals surface area contributed by atoms with Gasteiger partial charge in [0.2, 0.25) is 0 Å². The number of unbranched alkanes of at least 4 members (excludes halogenated alkanes) is 1. The highest BCUT2D eigenvalue weighted by atomic mass is 16.6. The normalized spacial score (nSPS) is 20.0. The Morgan fingerprint density at radius 1 is 0.852 bits per heavy atom. The van der Waals surface area contributed by atoms with E-state index in [2.05, 4.69) is 5.32 Å². The Morgan fingerprint density at radius 2 is 1.41 bits per heavy atom. The van der Waals surface area contributed by atoms with Crippen LogP contribution < -0.4 is 11.1 Å². The molecule has 6 nitrogen and oxygen atoms in total. The van der Waals surface area contributed by atoms with Crippen LogP contribution in [0.5, 0.6) is 0 Å². The average molecular weight is 383 g/mol. The summed E-state index contributed by atoms with van der Waals surface area (Å²) in [5.74, 6) is 0.580. The van der Waals surface area contributed by atoms with Crippen LogP contribution in [-0.4, -0.2) is 37.9 Å². The third-order valence-electron chi connectivity index (χ3n) is 5.88. The van der Waals surface area contributed by atoms with E-state index in [0.717, 1.165) is 38.5 Å². The van der Waals surface area contributed by atoms with Gasteiger partial charge in [-0.25, -0.2) is 9.59 Å². The molecule has 0 radical (unpaired) electrons. The monoisotopic (exact) mass is 382 g/mol. The van der Waals surface area contributed by atoms with Gasteiger partial charge < -0.3 is 20.5 Å². The first kappa shape index (κ1) is 22.0. The lowest BCUT2D eigenvalue weighted by Gasteiger charge is -2.24. The molecule has 0 aliphatic heterocycles. The van der Waals surface area contributed by atoms with Crippen LogP contribution in [0, 0.1) is 11.8 Å². The molecular formula is C21H38N2O4. The molecule has 1 atom stereocenters. The van der Waals surface area contributed by atoms with Crippen LogP contribution in [0.2, 0.25) is 0 Å². The maximum absolute atomic E-state index is 12.5. The topological polar surface area (TPSA) is 90.6 Å². The Bertz CT molecular complexity index is 432. The summed E-state index contributed by atoms with van der Waals surface area (Å²) in [5.41, 5.74) is 5.55. The average Bonchev–Trinajstić information content (AvgIpc) is 2.71. The van der Waals surface area contributed by atoms with Crippen LogP contribution in [-0.2, 0) is 14.3 Å². The quantitative estimate of drug-likeness (QED) is 0.441. The van der Waals surface area contributed by atoms with Gasteiger partial charge in [0.05, 0.1) is 13.2 Å². The fourth-order valence-electron chi connectivity index (χ4n) is 4.13. The summed E-state index contributed by atoms with van der Waals surface area (Å²) in [7, 11) is 0. The molecule has 0 saturated heterocycles. The Kier molecular flexibility index (Phi) is 10.6. The molecule has 0 aromatic carbocycles. The van der Waals surface area contributed by atoms with Crippen LogP contribution >= 0.6 is 0 Å². The summed E-state index contributed by atoms with van der Waals surface area (Å²) in [6, 6.07) is -0.640. The Balaban J connectivity index is 1.74. The molecule has 2 saturated carbocycles. The number of nitrogens with one attached hydrogen (secondary N) is 1. The summed E-state index contributed by atoms with van der Waals surface area (Å²) in [6.45, 7) is 1.49. The zero-order chi connectivity index (χ0) is 19.3. The lowest BCUT2D eigenvalue weighted by atomic mass is 9.90. The Morgan fingerprint density at radius 3 is 1.96 bits per heavy atom. The van der Waals surface area contributed by atoms with Gasteiger partial charge in [-0.3, -0.25) is 0 Å². The van der Waals surface area contributed by atoms with Crippen molar-refractivity contribution in [3.05, 3.63) is 0 Å². The molecule has 2 rings (SSSR count). The number of amides is 1. The smallest absolute Gasteiger partial charge is 0.407 e. The molecule has 0 spiro atoms. The fourth-order valence-corrected chi connectivity index (χ4v) is 4.13. The van der Waals surface area contributed by atoms with E-state index in [9.17, 15) is 9.59 Å². The predicted octanol–water partition coefficient (Wildman–Crippen LogP) is 3.91. The number of carbonyl (C=O) groups excluding carboxylic acids is 2. The maximum Gasteiger partial charge on any atom is 0.407 e. The molecule has 0 heterocycles. The summed E-state index contributed by atoms with van der Waals surface area (Å²) in [4.78, 5) is 24.7. The minimum absolute atomic E-state index is 0.341. The van der Waals surface area contributed by atoms with Crippen molar-refractivity contribution in [1.82, 2.24) is 5.32 Å². The molecule has 0 bridgehead atoms. The van der Waals surface area contributed by atoms with Crippen molar-refractivity contribution in [3.63, 3.8) is 0 Å². The van der Waals surface area contributed by atoms with Crippen molar-refractivity contribution in [2.45, 2.75) is 89.5 Å².